The van der Waals surface area contributed by atoms with E-state index in [1.54, 1.807) is 12.1 Å². The third-order valence-corrected chi connectivity index (χ3v) is 5.08. The van der Waals surface area contributed by atoms with Gasteiger partial charge in [0.1, 0.15) is 0 Å². The Morgan fingerprint density at radius 2 is 1.70 bits per heavy atom. The van der Waals surface area contributed by atoms with E-state index in [1.807, 2.05) is 12.1 Å². The highest BCUT2D eigenvalue weighted by atomic mass is 16.1. The zero-order chi connectivity index (χ0) is 18.6. The average molecular weight is 361 g/mol. The van der Waals surface area contributed by atoms with E-state index in [0.717, 1.165) is 17.5 Å². The van der Waals surface area contributed by atoms with E-state index in [1.165, 1.54) is 37.6 Å². The molecule has 2 heterocycles. The number of rotatable bonds is 5. The van der Waals surface area contributed by atoms with Crippen LogP contribution < -0.4 is 10.9 Å². The number of pyridine rings is 1. The lowest BCUT2D eigenvalue weighted by Crippen LogP contribution is -2.23. The van der Waals surface area contributed by atoms with Crippen molar-refractivity contribution in [2.75, 3.05) is 13.1 Å². The van der Waals surface area contributed by atoms with Crippen LogP contribution in [0.5, 0.6) is 0 Å². The normalized spacial score (nSPS) is 14.5. The number of carbonyl (C=O) groups excluding carboxylic acids is 1. The van der Waals surface area contributed by atoms with Crippen molar-refractivity contribution in [1.29, 1.82) is 0 Å². The smallest absolute Gasteiger partial charge is 0.253 e. The molecule has 138 valence electrons. The van der Waals surface area contributed by atoms with Gasteiger partial charge in [0.05, 0.1) is 11.1 Å². The fourth-order valence-electron chi connectivity index (χ4n) is 3.61. The van der Waals surface area contributed by atoms with Gasteiger partial charge in [0, 0.05) is 19.2 Å². The van der Waals surface area contributed by atoms with Crippen LogP contribution in [0.4, 0.5) is 0 Å². The van der Waals surface area contributed by atoms with Crippen molar-refractivity contribution in [3.63, 3.8) is 0 Å². The maximum atomic E-state index is 12.6. The Bertz CT molecular complexity index is 1000. The number of hydrogen-bond acceptors (Lipinski definition) is 3. The Kier molecular flexibility index (Phi) is 5.03. The molecule has 1 aromatic heterocycles. The summed E-state index contributed by atoms with van der Waals surface area (Å²) in [5.74, 6) is -0.191. The van der Waals surface area contributed by atoms with Gasteiger partial charge < -0.3 is 10.3 Å². The third-order valence-electron chi connectivity index (χ3n) is 5.08. The summed E-state index contributed by atoms with van der Waals surface area (Å²) in [4.78, 5) is 29.4. The number of carbonyl (C=O) groups is 1. The van der Waals surface area contributed by atoms with Crippen molar-refractivity contribution in [1.82, 2.24) is 15.2 Å². The molecule has 2 N–H and O–H groups in total. The largest absolute Gasteiger partial charge is 0.348 e. The lowest BCUT2D eigenvalue weighted by Gasteiger charge is -2.14. The number of benzene rings is 2. The summed E-state index contributed by atoms with van der Waals surface area (Å²) in [6.45, 7) is 3.82. The van der Waals surface area contributed by atoms with E-state index >= 15 is 0 Å². The Morgan fingerprint density at radius 3 is 2.48 bits per heavy atom. The van der Waals surface area contributed by atoms with Gasteiger partial charge in [-0.2, -0.15) is 0 Å². The van der Waals surface area contributed by atoms with Crippen LogP contribution >= 0.6 is 0 Å². The van der Waals surface area contributed by atoms with Gasteiger partial charge in [0.2, 0.25) is 5.56 Å². The van der Waals surface area contributed by atoms with E-state index in [9.17, 15) is 9.59 Å². The van der Waals surface area contributed by atoms with Crippen LogP contribution in [0.3, 0.4) is 0 Å². The summed E-state index contributed by atoms with van der Waals surface area (Å²) < 4.78 is 0. The molecular formula is C22H23N3O2. The molecule has 4 rings (SSSR count). The maximum Gasteiger partial charge on any atom is 0.253 e. The highest BCUT2D eigenvalue weighted by Crippen LogP contribution is 2.16. The van der Waals surface area contributed by atoms with Crippen molar-refractivity contribution in [2.24, 2.45) is 0 Å². The van der Waals surface area contributed by atoms with Crippen LogP contribution in [0.25, 0.3) is 10.9 Å². The maximum absolute atomic E-state index is 12.6. The number of fused-ring (bicyclic) bond motifs is 1. The minimum atomic E-state index is -0.212. The van der Waals surface area contributed by atoms with E-state index in [-0.39, 0.29) is 11.5 Å². The minimum Gasteiger partial charge on any atom is -0.348 e. The number of aromatic amines is 1. The second kappa shape index (κ2) is 7.76. The summed E-state index contributed by atoms with van der Waals surface area (Å²) in [5, 5.41) is 3.79. The Balaban J connectivity index is 1.42. The highest BCUT2D eigenvalue weighted by Gasteiger charge is 2.12. The van der Waals surface area contributed by atoms with Crippen LogP contribution in [0, 0.1) is 0 Å². The predicted octanol–water partition coefficient (Wildman–Crippen LogP) is 3.05. The van der Waals surface area contributed by atoms with Gasteiger partial charge in [-0.3, -0.25) is 14.5 Å². The SMILES string of the molecule is O=C(NCc1ccc(CN2CCCC2)cc1)c1cccc2ccc(=O)[nH]c12. The molecule has 0 saturated carbocycles. The number of nitrogens with one attached hydrogen (secondary N) is 2. The quantitative estimate of drug-likeness (QED) is 0.734. The van der Waals surface area contributed by atoms with E-state index in [2.05, 4.69) is 39.5 Å². The van der Waals surface area contributed by atoms with Gasteiger partial charge in [-0.05, 0) is 54.6 Å². The molecule has 5 heteroatoms. The fraction of sp³-hybridized carbons (Fsp3) is 0.273. The molecule has 27 heavy (non-hydrogen) atoms. The number of hydrogen-bond donors (Lipinski definition) is 2. The number of amides is 1. The van der Waals surface area contributed by atoms with Crippen molar-refractivity contribution < 1.29 is 4.79 Å². The second-order valence-corrected chi connectivity index (χ2v) is 7.07. The molecule has 0 aliphatic carbocycles. The van der Waals surface area contributed by atoms with E-state index in [0.29, 0.717) is 17.6 Å². The molecule has 1 aliphatic heterocycles. The van der Waals surface area contributed by atoms with Gasteiger partial charge in [0.25, 0.3) is 5.91 Å². The number of para-hydroxylation sites is 1. The zero-order valence-electron chi connectivity index (χ0n) is 15.2. The zero-order valence-corrected chi connectivity index (χ0v) is 15.2. The first-order valence-electron chi connectivity index (χ1n) is 9.39. The van der Waals surface area contributed by atoms with Crippen LogP contribution in [-0.2, 0) is 13.1 Å². The van der Waals surface area contributed by atoms with Gasteiger partial charge in [-0.15, -0.1) is 0 Å². The van der Waals surface area contributed by atoms with Crippen LogP contribution in [0.15, 0.2) is 59.4 Å². The van der Waals surface area contributed by atoms with Crippen molar-refractivity contribution >= 4 is 16.8 Å². The van der Waals surface area contributed by atoms with Crippen molar-refractivity contribution in [3.8, 4) is 0 Å². The summed E-state index contributed by atoms with van der Waals surface area (Å²) in [5.41, 5.74) is 3.21. The van der Waals surface area contributed by atoms with Crippen LogP contribution in [-0.4, -0.2) is 28.9 Å². The average Bonchev–Trinajstić information content (AvgIpc) is 3.20. The predicted molar refractivity (Wildman–Crippen MR) is 107 cm³/mol. The van der Waals surface area contributed by atoms with E-state index < -0.39 is 0 Å². The first-order valence-corrected chi connectivity index (χ1v) is 9.39. The molecule has 3 aromatic rings. The van der Waals surface area contributed by atoms with Crippen molar-refractivity contribution in [2.45, 2.75) is 25.9 Å². The van der Waals surface area contributed by atoms with Crippen LogP contribution in [0.1, 0.15) is 34.3 Å². The molecule has 0 spiro atoms. The molecule has 1 aliphatic rings. The summed E-state index contributed by atoms with van der Waals surface area (Å²) in [7, 11) is 0. The minimum absolute atomic E-state index is 0.191. The summed E-state index contributed by atoms with van der Waals surface area (Å²) in [6.07, 6.45) is 2.59. The number of likely N-dealkylation sites (tertiary alicyclic amines) is 1. The summed E-state index contributed by atoms with van der Waals surface area (Å²) >= 11 is 0. The molecule has 1 fully saturated rings. The molecule has 0 atom stereocenters. The molecular weight excluding hydrogens is 338 g/mol. The monoisotopic (exact) mass is 361 g/mol. The highest BCUT2D eigenvalue weighted by molar-refractivity contribution is 6.05. The number of nitrogens with zero attached hydrogens (tertiary/aromatic N) is 1. The number of aromatic nitrogens is 1. The lowest BCUT2D eigenvalue weighted by atomic mass is 10.1. The van der Waals surface area contributed by atoms with E-state index in [4.69, 9.17) is 0 Å². The van der Waals surface area contributed by atoms with Crippen LogP contribution in [0.2, 0.25) is 0 Å². The molecule has 0 bridgehead atoms. The molecule has 1 amide bonds. The standard InChI is InChI=1S/C22H23N3O2/c26-20-11-10-18-4-3-5-19(21(18)24-20)22(27)23-14-16-6-8-17(9-7-16)15-25-12-1-2-13-25/h3-11H,1-2,12-15H2,(H,23,27)(H,24,26). The number of H-pyrrole nitrogens is 1. The molecule has 5 nitrogen and oxygen atoms in total. The lowest BCUT2D eigenvalue weighted by molar-refractivity contribution is 0.0952. The Labute approximate surface area is 158 Å². The van der Waals surface area contributed by atoms with Gasteiger partial charge in [-0.1, -0.05) is 36.4 Å². The first kappa shape index (κ1) is 17.5. The molecule has 0 radical (unpaired) electrons. The summed E-state index contributed by atoms with van der Waals surface area (Å²) in [6, 6.07) is 17.0. The molecule has 1 saturated heterocycles. The third kappa shape index (κ3) is 4.09. The van der Waals surface area contributed by atoms with Gasteiger partial charge in [0.15, 0.2) is 0 Å². The van der Waals surface area contributed by atoms with Crippen molar-refractivity contribution in [3.05, 3.63) is 81.6 Å². The second-order valence-electron chi connectivity index (χ2n) is 7.07. The van der Waals surface area contributed by atoms with Gasteiger partial charge >= 0.3 is 0 Å². The molecule has 2 aromatic carbocycles. The fourth-order valence-corrected chi connectivity index (χ4v) is 3.61. The first-order chi connectivity index (χ1) is 13.2. The molecule has 0 unspecified atom stereocenters. The Morgan fingerprint density at radius 1 is 0.963 bits per heavy atom. The Hall–Kier alpha value is -2.92. The van der Waals surface area contributed by atoms with Gasteiger partial charge in [-0.25, -0.2) is 0 Å². The topological polar surface area (TPSA) is 65.2 Å².